The number of ether oxygens (including phenoxy) is 2. The number of hydrogen-bond donors (Lipinski definition) is 0. The van der Waals surface area contributed by atoms with Crippen LogP contribution in [0.1, 0.15) is 27.2 Å². The van der Waals surface area contributed by atoms with Gasteiger partial charge in [-0.05, 0) is 37.7 Å². The molecule has 5 nitrogen and oxygen atoms in total. The Kier molecular flexibility index (Phi) is 3.34. The minimum Gasteiger partial charge on any atom is -0.454 e. The molecule has 26 heavy (non-hydrogen) atoms. The quantitative estimate of drug-likeness (QED) is 0.676. The third kappa shape index (κ3) is 2.24. The topological polar surface area (TPSA) is 43.7 Å². The van der Waals surface area contributed by atoms with E-state index in [1.54, 1.807) is 0 Å². The molecule has 0 atom stereocenters. The summed E-state index contributed by atoms with van der Waals surface area (Å²) in [5.74, 6) is 1.48. The predicted molar refractivity (Wildman–Crippen MR) is 99.0 cm³/mol. The van der Waals surface area contributed by atoms with Crippen LogP contribution in [0.5, 0.6) is 11.5 Å². The number of rotatable bonds is 1. The molecule has 3 heterocycles. The highest BCUT2D eigenvalue weighted by Gasteiger charge is 2.28. The molecule has 0 N–H and O–H groups in total. The van der Waals surface area contributed by atoms with Gasteiger partial charge in [0, 0.05) is 42.2 Å². The minimum absolute atomic E-state index is 0.0136. The number of carbonyl (C=O) groups is 1. The van der Waals surface area contributed by atoms with E-state index >= 15 is 0 Å². The first kappa shape index (κ1) is 15.5. The van der Waals surface area contributed by atoms with Crippen LogP contribution in [0.3, 0.4) is 0 Å². The average Bonchev–Trinajstić information content (AvgIpc) is 3.21. The minimum atomic E-state index is 0.0136. The van der Waals surface area contributed by atoms with Gasteiger partial charge in [0.25, 0.3) is 5.91 Å². The fraction of sp³-hybridized carbons (Fsp3) is 0.286. The number of likely N-dealkylation sites (N-methyl/N-ethyl adjacent to an activating group) is 1. The van der Waals surface area contributed by atoms with Crippen molar-refractivity contribution in [1.82, 2.24) is 9.47 Å². The van der Waals surface area contributed by atoms with Gasteiger partial charge < -0.3 is 14.4 Å². The van der Waals surface area contributed by atoms with Crippen LogP contribution < -0.4 is 9.47 Å². The first-order valence-corrected chi connectivity index (χ1v) is 8.87. The Labute approximate surface area is 151 Å². The van der Waals surface area contributed by atoms with E-state index in [-0.39, 0.29) is 12.7 Å². The maximum absolute atomic E-state index is 13.4. The SMILES string of the molecule is Cc1ccc(C(=O)n2c3c(c4cc5c(cc42)OCO5)CN(C)CC3)cc1. The lowest BCUT2D eigenvalue weighted by atomic mass is 10.0. The largest absolute Gasteiger partial charge is 0.454 e. The van der Waals surface area contributed by atoms with E-state index in [9.17, 15) is 4.79 Å². The molecule has 0 saturated carbocycles. The van der Waals surface area contributed by atoms with Gasteiger partial charge in [0.05, 0.1) is 5.52 Å². The summed E-state index contributed by atoms with van der Waals surface area (Å²) in [5, 5.41) is 1.08. The van der Waals surface area contributed by atoms with Crippen LogP contribution in [0.15, 0.2) is 36.4 Å². The molecule has 2 aromatic carbocycles. The van der Waals surface area contributed by atoms with Crippen LogP contribution >= 0.6 is 0 Å². The number of aryl methyl sites for hydroxylation is 1. The third-order valence-electron chi connectivity index (χ3n) is 5.34. The van der Waals surface area contributed by atoms with Crippen molar-refractivity contribution in [2.45, 2.75) is 19.9 Å². The molecule has 0 fully saturated rings. The van der Waals surface area contributed by atoms with E-state index in [1.807, 2.05) is 47.9 Å². The molecule has 0 saturated heterocycles. The number of aromatic nitrogens is 1. The smallest absolute Gasteiger partial charge is 0.262 e. The summed E-state index contributed by atoms with van der Waals surface area (Å²) < 4.78 is 13.0. The highest BCUT2D eigenvalue weighted by Crippen LogP contribution is 2.40. The second-order valence-corrected chi connectivity index (χ2v) is 7.14. The van der Waals surface area contributed by atoms with Crippen LogP contribution in [0.2, 0.25) is 0 Å². The lowest BCUT2D eigenvalue weighted by molar-refractivity contribution is 0.0960. The van der Waals surface area contributed by atoms with Gasteiger partial charge in [0.1, 0.15) is 0 Å². The van der Waals surface area contributed by atoms with Gasteiger partial charge in [-0.25, -0.2) is 0 Å². The van der Waals surface area contributed by atoms with Crippen LogP contribution in [0, 0.1) is 6.92 Å². The van der Waals surface area contributed by atoms with Crippen molar-refractivity contribution in [3.05, 3.63) is 58.8 Å². The van der Waals surface area contributed by atoms with E-state index in [4.69, 9.17) is 9.47 Å². The molecule has 0 unspecified atom stereocenters. The zero-order valence-corrected chi connectivity index (χ0v) is 14.9. The van der Waals surface area contributed by atoms with Crippen molar-refractivity contribution >= 4 is 16.8 Å². The molecule has 0 aliphatic carbocycles. The molecule has 0 spiro atoms. The molecule has 0 amide bonds. The monoisotopic (exact) mass is 348 g/mol. The maximum Gasteiger partial charge on any atom is 0.262 e. The molecule has 5 heteroatoms. The standard InChI is InChI=1S/C21H20N2O3/c1-13-3-5-14(6-4-13)21(24)23-17-7-8-22(2)11-16(17)15-9-19-20(10-18(15)23)26-12-25-19/h3-6,9-10H,7-8,11-12H2,1-2H3. The summed E-state index contributed by atoms with van der Waals surface area (Å²) in [4.78, 5) is 15.6. The van der Waals surface area contributed by atoms with E-state index in [2.05, 4.69) is 11.9 Å². The van der Waals surface area contributed by atoms with Gasteiger partial charge in [-0.15, -0.1) is 0 Å². The van der Waals surface area contributed by atoms with Crippen LogP contribution in [-0.4, -0.2) is 35.8 Å². The predicted octanol–water partition coefficient (Wildman–Crippen LogP) is 3.35. The first-order valence-electron chi connectivity index (χ1n) is 8.87. The van der Waals surface area contributed by atoms with Crippen molar-refractivity contribution in [2.75, 3.05) is 20.4 Å². The summed E-state index contributed by atoms with van der Waals surface area (Å²) in [7, 11) is 2.11. The Morgan fingerprint density at radius 1 is 1.08 bits per heavy atom. The highest BCUT2D eigenvalue weighted by molar-refractivity contribution is 6.05. The fourth-order valence-corrected chi connectivity index (χ4v) is 3.94. The molecule has 0 radical (unpaired) electrons. The number of carbonyl (C=O) groups excluding carboxylic acids is 1. The van der Waals surface area contributed by atoms with Crippen molar-refractivity contribution in [3.8, 4) is 11.5 Å². The Bertz CT molecular complexity index is 1030. The molecule has 5 rings (SSSR count). The Hall–Kier alpha value is -2.79. The van der Waals surface area contributed by atoms with Gasteiger partial charge in [-0.2, -0.15) is 0 Å². The second-order valence-electron chi connectivity index (χ2n) is 7.14. The van der Waals surface area contributed by atoms with Crippen LogP contribution in [0.4, 0.5) is 0 Å². The van der Waals surface area contributed by atoms with Crippen molar-refractivity contribution < 1.29 is 14.3 Å². The second kappa shape index (κ2) is 5.61. The fourth-order valence-electron chi connectivity index (χ4n) is 3.94. The normalized spacial score (nSPS) is 16.1. The number of nitrogens with zero attached hydrogens (tertiary/aromatic N) is 2. The van der Waals surface area contributed by atoms with Gasteiger partial charge in [0.2, 0.25) is 6.79 Å². The zero-order chi connectivity index (χ0) is 17.8. The van der Waals surface area contributed by atoms with Crippen molar-refractivity contribution in [2.24, 2.45) is 0 Å². The lowest BCUT2D eigenvalue weighted by Crippen LogP contribution is -2.28. The first-order chi connectivity index (χ1) is 12.6. The van der Waals surface area contributed by atoms with Gasteiger partial charge in [0.15, 0.2) is 11.5 Å². The summed E-state index contributed by atoms with van der Waals surface area (Å²) in [5.41, 5.74) is 5.07. The lowest BCUT2D eigenvalue weighted by Gasteiger charge is -2.23. The van der Waals surface area contributed by atoms with E-state index in [0.717, 1.165) is 47.4 Å². The van der Waals surface area contributed by atoms with Gasteiger partial charge in [-0.1, -0.05) is 17.7 Å². The highest BCUT2D eigenvalue weighted by atomic mass is 16.7. The van der Waals surface area contributed by atoms with E-state index in [1.165, 1.54) is 5.56 Å². The summed E-state index contributed by atoms with van der Waals surface area (Å²) in [6.45, 7) is 4.03. The van der Waals surface area contributed by atoms with E-state index in [0.29, 0.717) is 11.3 Å². The third-order valence-corrected chi connectivity index (χ3v) is 5.34. The maximum atomic E-state index is 13.4. The summed E-state index contributed by atoms with van der Waals surface area (Å²) in [6.07, 6.45) is 0.852. The van der Waals surface area contributed by atoms with Gasteiger partial charge in [-0.3, -0.25) is 9.36 Å². The number of fused-ring (bicyclic) bond motifs is 4. The summed E-state index contributed by atoms with van der Waals surface area (Å²) in [6, 6.07) is 11.7. The summed E-state index contributed by atoms with van der Waals surface area (Å²) >= 11 is 0. The molecule has 1 aromatic heterocycles. The number of hydrogen-bond acceptors (Lipinski definition) is 4. The number of benzene rings is 2. The van der Waals surface area contributed by atoms with Crippen LogP contribution in [0.25, 0.3) is 10.9 Å². The molecule has 2 aliphatic rings. The zero-order valence-electron chi connectivity index (χ0n) is 14.9. The average molecular weight is 348 g/mol. The van der Waals surface area contributed by atoms with Gasteiger partial charge >= 0.3 is 0 Å². The Morgan fingerprint density at radius 2 is 1.81 bits per heavy atom. The Balaban J connectivity index is 1.75. The Morgan fingerprint density at radius 3 is 2.58 bits per heavy atom. The van der Waals surface area contributed by atoms with E-state index < -0.39 is 0 Å². The molecular formula is C21H20N2O3. The molecular weight excluding hydrogens is 328 g/mol. The molecule has 3 aromatic rings. The molecule has 2 aliphatic heterocycles. The van der Waals surface area contributed by atoms with Crippen molar-refractivity contribution in [1.29, 1.82) is 0 Å². The molecule has 132 valence electrons. The van der Waals surface area contributed by atoms with Crippen LogP contribution in [-0.2, 0) is 13.0 Å². The molecule has 0 bridgehead atoms. The van der Waals surface area contributed by atoms with Crippen molar-refractivity contribution in [3.63, 3.8) is 0 Å².